The van der Waals surface area contributed by atoms with E-state index in [1.165, 1.54) is 6.21 Å². The number of benzene rings is 3. The summed E-state index contributed by atoms with van der Waals surface area (Å²) < 4.78 is 35.2. The lowest BCUT2D eigenvalue weighted by atomic mass is 10.1. The van der Waals surface area contributed by atoms with Crippen LogP contribution in [0.5, 0.6) is 0 Å². The summed E-state index contributed by atoms with van der Waals surface area (Å²) in [6, 6.07) is 27.7. The predicted octanol–water partition coefficient (Wildman–Crippen LogP) is 5.73. The van der Waals surface area contributed by atoms with E-state index in [2.05, 4.69) is 4.40 Å². The Labute approximate surface area is 170 Å². The van der Waals surface area contributed by atoms with Gasteiger partial charge in [0.05, 0.1) is 11.1 Å². The Morgan fingerprint density at radius 1 is 0.793 bits per heavy atom. The monoisotopic (exact) mass is 401 g/mol. The standard InChI is InChI=1S/C24H19NO3S/c1-18-12-14-22(15-13-18)29(26,27)25-17-21-16-23(19-8-4-2-5-9-19)28-24(21)20-10-6-3-7-11-20/h2-17H,1H3/b25-17-. The maximum absolute atomic E-state index is 12.6. The summed E-state index contributed by atoms with van der Waals surface area (Å²) in [5.74, 6) is 1.23. The first-order valence-corrected chi connectivity index (χ1v) is 10.6. The van der Waals surface area contributed by atoms with Crippen molar-refractivity contribution in [3.8, 4) is 22.6 Å². The van der Waals surface area contributed by atoms with Crippen molar-refractivity contribution < 1.29 is 12.8 Å². The minimum Gasteiger partial charge on any atom is -0.455 e. The van der Waals surface area contributed by atoms with Crippen molar-refractivity contribution in [2.24, 2.45) is 4.40 Å². The summed E-state index contributed by atoms with van der Waals surface area (Å²) in [5.41, 5.74) is 3.35. The van der Waals surface area contributed by atoms with Crippen LogP contribution in [0.1, 0.15) is 11.1 Å². The van der Waals surface area contributed by atoms with Gasteiger partial charge in [-0.3, -0.25) is 0 Å². The third kappa shape index (κ3) is 4.20. The SMILES string of the molecule is Cc1ccc(S(=O)(=O)/N=C\c2cc(-c3ccccc3)oc2-c2ccccc2)cc1. The second-order valence-electron chi connectivity index (χ2n) is 6.65. The fourth-order valence-electron chi connectivity index (χ4n) is 2.96. The van der Waals surface area contributed by atoms with E-state index in [9.17, 15) is 8.42 Å². The molecule has 144 valence electrons. The molecule has 0 unspecified atom stereocenters. The highest BCUT2D eigenvalue weighted by Gasteiger charge is 2.16. The van der Waals surface area contributed by atoms with Gasteiger partial charge in [-0.2, -0.15) is 12.8 Å². The summed E-state index contributed by atoms with van der Waals surface area (Å²) in [7, 11) is -3.80. The topological polar surface area (TPSA) is 59.6 Å². The first kappa shape index (κ1) is 18.9. The summed E-state index contributed by atoms with van der Waals surface area (Å²) in [4.78, 5) is 0.160. The Kier molecular flexibility index (Phi) is 5.14. The van der Waals surface area contributed by atoms with Crippen LogP contribution in [0.3, 0.4) is 0 Å². The van der Waals surface area contributed by atoms with Crippen molar-refractivity contribution in [2.45, 2.75) is 11.8 Å². The lowest BCUT2D eigenvalue weighted by Gasteiger charge is -2.00. The van der Waals surface area contributed by atoms with E-state index in [1.807, 2.05) is 73.7 Å². The van der Waals surface area contributed by atoms with Crippen LogP contribution < -0.4 is 0 Å². The van der Waals surface area contributed by atoms with Crippen molar-refractivity contribution in [3.63, 3.8) is 0 Å². The van der Waals surface area contributed by atoms with Gasteiger partial charge in [0.25, 0.3) is 10.0 Å². The van der Waals surface area contributed by atoms with Crippen molar-refractivity contribution >= 4 is 16.2 Å². The van der Waals surface area contributed by atoms with Crippen molar-refractivity contribution in [3.05, 3.63) is 102 Å². The number of hydrogen-bond donors (Lipinski definition) is 0. The Morgan fingerprint density at radius 3 is 2.00 bits per heavy atom. The van der Waals surface area contributed by atoms with Crippen LogP contribution in [-0.4, -0.2) is 14.6 Å². The molecule has 4 aromatic rings. The van der Waals surface area contributed by atoms with E-state index in [1.54, 1.807) is 24.3 Å². The van der Waals surface area contributed by atoms with Crippen LogP contribution in [0.2, 0.25) is 0 Å². The van der Waals surface area contributed by atoms with E-state index in [0.29, 0.717) is 17.1 Å². The molecule has 0 bridgehead atoms. The highest BCUT2D eigenvalue weighted by molar-refractivity contribution is 7.90. The average molecular weight is 401 g/mol. The number of hydrogen-bond acceptors (Lipinski definition) is 3. The maximum Gasteiger partial charge on any atom is 0.282 e. The Balaban J connectivity index is 1.77. The van der Waals surface area contributed by atoms with E-state index < -0.39 is 10.0 Å². The molecule has 0 aliphatic carbocycles. The lowest BCUT2D eigenvalue weighted by Crippen LogP contribution is -1.98. The molecule has 0 aliphatic rings. The summed E-state index contributed by atoms with van der Waals surface area (Å²) in [6.45, 7) is 1.91. The summed E-state index contributed by atoms with van der Waals surface area (Å²) in [5, 5.41) is 0. The fourth-order valence-corrected chi connectivity index (χ4v) is 3.81. The molecule has 4 rings (SSSR count). The molecule has 0 saturated heterocycles. The molecule has 5 heteroatoms. The minimum atomic E-state index is -3.80. The molecule has 1 aromatic heterocycles. The van der Waals surface area contributed by atoms with E-state index in [-0.39, 0.29) is 4.90 Å². The van der Waals surface area contributed by atoms with Gasteiger partial charge in [-0.25, -0.2) is 0 Å². The van der Waals surface area contributed by atoms with Crippen molar-refractivity contribution in [2.75, 3.05) is 0 Å². The van der Waals surface area contributed by atoms with Gasteiger partial charge in [0.1, 0.15) is 11.5 Å². The fraction of sp³-hybridized carbons (Fsp3) is 0.0417. The minimum absolute atomic E-state index is 0.160. The van der Waals surface area contributed by atoms with Gasteiger partial charge in [0, 0.05) is 16.7 Å². The van der Waals surface area contributed by atoms with Crippen LogP contribution in [0.25, 0.3) is 22.6 Å². The van der Waals surface area contributed by atoms with Gasteiger partial charge < -0.3 is 4.42 Å². The lowest BCUT2D eigenvalue weighted by molar-refractivity contribution is 0.597. The van der Waals surface area contributed by atoms with E-state index >= 15 is 0 Å². The molecular formula is C24H19NO3S. The third-order valence-electron chi connectivity index (χ3n) is 4.50. The quantitative estimate of drug-likeness (QED) is 0.401. The van der Waals surface area contributed by atoms with Crippen LogP contribution in [0, 0.1) is 6.92 Å². The molecule has 1 heterocycles. The molecule has 0 aliphatic heterocycles. The smallest absolute Gasteiger partial charge is 0.282 e. The zero-order valence-electron chi connectivity index (χ0n) is 15.8. The van der Waals surface area contributed by atoms with Crippen LogP contribution >= 0.6 is 0 Å². The molecule has 0 radical (unpaired) electrons. The largest absolute Gasteiger partial charge is 0.455 e. The van der Waals surface area contributed by atoms with E-state index in [4.69, 9.17) is 4.42 Å². The Morgan fingerprint density at radius 2 is 1.38 bits per heavy atom. The number of rotatable bonds is 5. The van der Waals surface area contributed by atoms with Gasteiger partial charge in [-0.05, 0) is 25.1 Å². The highest BCUT2D eigenvalue weighted by Crippen LogP contribution is 2.32. The molecule has 0 amide bonds. The first-order valence-electron chi connectivity index (χ1n) is 9.15. The zero-order chi connectivity index (χ0) is 20.3. The van der Waals surface area contributed by atoms with Crippen molar-refractivity contribution in [1.82, 2.24) is 0 Å². The van der Waals surface area contributed by atoms with Gasteiger partial charge in [-0.15, -0.1) is 0 Å². The summed E-state index contributed by atoms with van der Waals surface area (Å²) in [6.07, 6.45) is 1.35. The van der Waals surface area contributed by atoms with Gasteiger partial charge in [0.15, 0.2) is 0 Å². The van der Waals surface area contributed by atoms with Gasteiger partial charge >= 0.3 is 0 Å². The second kappa shape index (κ2) is 7.89. The van der Waals surface area contributed by atoms with Crippen LogP contribution in [-0.2, 0) is 10.0 Å². The number of sulfonamides is 1. The van der Waals surface area contributed by atoms with Gasteiger partial charge in [-0.1, -0.05) is 78.4 Å². The molecule has 29 heavy (non-hydrogen) atoms. The van der Waals surface area contributed by atoms with Crippen molar-refractivity contribution in [1.29, 1.82) is 0 Å². The zero-order valence-corrected chi connectivity index (χ0v) is 16.6. The molecule has 0 atom stereocenters. The Bertz CT molecular complexity index is 1240. The molecule has 4 nitrogen and oxygen atoms in total. The average Bonchev–Trinajstić information content (AvgIpc) is 3.18. The molecule has 0 fully saturated rings. The molecule has 0 spiro atoms. The van der Waals surface area contributed by atoms with Crippen LogP contribution in [0.15, 0.2) is 105 Å². The second-order valence-corrected chi connectivity index (χ2v) is 8.28. The number of aryl methyl sites for hydroxylation is 1. The molecule has 3 aromatic carbocycles. The first-order chi connectivity index (χ1) is 14.0. The predicted molar refractivity (Wildman–Crippen MR) is 116 cm³/mol. The van der Waals surface area contributed by atoms with Gasteiger partial charge in [0.2, 0.25) is 0 Å². The molecule has 0 saturated carbocycles. The van der Waals surface area contributed by atoms with Crippen LogP contribution in [0.4, 0.5) is 0 Å². The maximum atomic E-state index is 12.6. The van der Waals surface area contributed by atoms with E-state index in [0.717, 1.165) is 16.7 Å². The Hall–Kier alpha value is -3.44. The highest BCUT2D eigenvalue weighted by atomic mass is 32.2. The molecular weight excluding hydrogens is 382 g/mol. The number of furan rings is 1. The normalized spacial score (nSPS) is 11.8. The summed E-state index contributed by atoms with van der Waals surface area (Å²) >= 11 is 0. The molecule has 0 N–H and O–H groups in total. The number of nitrogens with zero attached hydrogens (tertiary/aromatic N) is 1. The third-order valence-corrected chi connectivity index (χ3v) is 5.76.